The number of carbonyl (C=O) groups is 4. The lowest BCUT2D eigenvalue weighted by Crippen LogP contribution is -2.58. The maximum atomic E-state index is 14.2. The van der Waals surface area contributed by atoms with Crippen LogP contribution in [0.5, 0.6) is 0 Å². The molecular weight excluding hydrogens is 584 g/mol. The molecule has 2 saturated carbocycles. The first kappa shape index (κ1) is 32.0. The maximum Gasteiger partial charge on any atom is 0.408 e. The van der Waals surface area contributed by atoms with E-state index < -0.39 is 56.4 Å². The second-order valence-corrected chi connectivity index (χ2v) is 15.5. The van der Waals surface area contributed by atoms with Crippen molar-refractivity contribution in [2.75, 3.05) is 6.54 Å². The van der Waals surface area contributed by atoms with Gasteiger partial charge in [-0.2, -0.15) is 0 Å². The van der Waals surface area contributed by atoms with Crippen molar-refractivity contribution in [3.63, 3.8) is 0 Å². The number of alkyl carbamates (subject to hydrolysis) is 1. The Kier molecular flexibility index (Phi) is 9.11. The number of hydrogen-bond donors (Lipinski definition) is 3. The number of allylic oxidation sites excluding steroid dienone is 1. The summed E-state index contributed by atoms with van der Waals surface area (Å²) in [6.45, 7) is 5.50. The molecule has 3 N–H and O–H groups in total. The van der Waals surface area contributed by atoms with E-state index in [0.29, 0.717) is 32.1 Å². The van der Waals surface area contributed by atoms with Crippen LogP contribution in [-0.4, -0.2) is 72.2 Å². The van der Waals surface area contributed by atoms with Crippen LogP contribution in [0.3, 0.4) is 0 Å². The van der Waals surface area contributed by atoms with Crippen LogP contribution in [0.15, 0.2) is 42.5 Å². The molecule has 0 spiro atoms. The molecule has 5 atom stereocenters. The minimum absolute atomic E-state index is 0.146. The van der Waals surface area contributed by atoms with E-state index in [2.05, 4.69) is 15.4 Å². The minimum atomic E-state index is -3.83. The highest BCUT2D eigenvalue weighted by Crippen LogP contribution is 2.46. The highest BCUT2D eigenvalue weighted by atomic mass is 32.2. The van der Waals surface area contributed by atoms with E-state index in [1.54, 1.807) is 20.8 Å². The normalized spacial score (nSPS) is 29.8. The average Bonchev–Trinajstić information content (AvgIpc) is 3.87. The Labute approximate surface area is 259 Å². The molecular formula is C32H44N4O7S. The summed E-state index contributed by atoms with van der Waals surface area (Å²) in [6, 6.07) is 7.79. The van der Waals surface area contributed by atoms with Gasteiger partial charge in [-0.25, -0.2) is 13.2 Å². The fourth-order valence-electron chi connectivity index (χ4n) is 6.22. The maximum absolute atomic E-state index is 14.2. The van der Waals surface area contributed by atoms with Gasteiger partial charge in [0, 0.05) is 18.4 Å². The van der Waals surface area contributed by atoms with Crippen molar-refractivity contribution in [1.29, 1.82) is 0 Å². The lowest BCUT2D eigenvalue weighted by atomic mass is 9.96. The zero-order valence-corrected chi connectivity index (χ0v) is 26.5. The number of benzene rings is 1. The van der Waals surface area contributed by atoms with Gasteiger partial charge in [0.15, 0.2) is 0 Å². The van der Waals surface area contributed by atoms with Gasteiger partial charge >= 0.3 is 6.09 Å². The molecule has 3 fully saturated rings. The summed E-state index contributed by atoms with van der Waals surface area (Å²) in [4.78, 5) is 56.0. The summed E-state index contributed by atoms with van der Waals surface area (Å²) in [5.41, 5.74) is -1.19. The molecule has 12 heteroatoms. The molecule has 0 aromatic heterocycles. The number of rotatable bonds is 5. The molecule has 2 unspecified atom stereocenters. The summed E-state index contributed by atoms with van der Waals surface area (Å²) in [7, 11) is -3.83. The Morgan fingerprint density at radius 1 is 1.05 bits per heavy atom. The van der Waals surface area contributed by atoms with Gasteiger partial charge < -0.3 is 20.3 Å². The highest BCUT2D eigenvalue weighted by molar-refractivity contribution is 7.91. The van der Waals surface area contributed by atoms with Gasteiger partial charge in [-0.05, 0) is 71.3 Å². The van der Waals surface area contributed by atoms with Gasteiger partial charge in [-0.1, -0.05) is 55.3 Å². The first-order valence-corrected chi connectivity index (χ1v) is 17.2. The monoisotopic (exact) mass is 628 g/mol. The Balaban J connectivity index is 1.44. The quantitative estimate of drug-likeness (QED) is 0.424. The molecule has 2 aliphatic heterocycles. The first-order valence-electron chi connectivity index (χ1n) is 15.7. The van der Waals surface area contributed by atoms with Crippen molar-refractivity contribution in [2.45, 2.75) is 113 Å². The topological polar surface area (TPSA) is 151 Å². The van der Waals surface area contributed by atoms with Crippen molar-refractivity contribution in [3.8, 4) is 0 Å². The molecule has 240 valence electrons. The van der Waals surface area contributed by atoms with Gasteiger partial charge in [-0.3, -0.25) is 19.1 Å². The lowest BCUT2D eigenvalue weighted by Gasteiger charge is -2.30. The molecule has 44 heavy (non-hydrogen) atoms. The van der Waals surface area contributed by atoms with Crippen molar-refractivity contribution < 1.29 is 32.3 Å². The van der Waals surface area contributed by atoms with Crippen molar-refractivity contribution >= 4 is 33.8 Å². The Morgan fingerprint density at radius 3 is 2.45 bits per heavy atom. The number of amides is 4. The fraction of sp³-hybridized carbons (Fsp3) is 0.625. The summed E-state index contributed by atoms with van der Waals surface area (Å²) in [6.07, 6.45) is 8.20. The Hall–Kier alpha value is -3.41. The Morgan fingerprint density at radius 2 is 1.77 bits per heavy atom. The number of fused-ring (bicyclic) bond motifs is 2. The number of sulfonamides is 1. The number of hydrogen-bond acceptors (Lipinski definition) is 7. The highest BCUT2D eigenvalue weighted by Gasteiger charge is 2.62. The molecule has 1 saturated heterocycles. The molecule has 2 heterocycles. The molecule has 1 aromatic rings. The van der Waals surface area contributed by atoms with Gasteiger partial charge in [0.2, 0.25) is 21.8 Å². The second kappa shape index (κ2) is 12.5. The average molecular weight is 629 g/mol. The summed E-state index contributed by atoms with van der Waals surface area (Å²) < 4.78 is 33.0. The third-order valence-corrected chi connectivity index (χ3v) is 10.7. The van der Waals surface area contributed by atoms with Gasteiger partial charge in [0.25, 0.3) is 5.91 Å². The molecule has 4 amide bonds. The molecule has 0 bridgehead atoms. The standard InChI is InChI=1S/C32H44N4O7S/c1-31(2,3)43-30(40)33-25-15-11-6-4-5-10-14-23-19-32(23,29(39)35-44(41,42)24-16-17-24)34-27(37)26-18-22(20-36(26)28(25)38)21-12-8-7-9-13-21/h7-10,12-14,22-26H,4-6,11,15-20H2,1-3H3,(H,33,40)(H,34,37)(H,35,39)/t22-,23?,25+,26?,32-/m1/s1. The van der Waals surface area contributed by atoms with Crippen molar-refractivity contribution in [1.82, 2.24) is 20.3 Å². The van der Waals surface area contributed by atoms with Crippen LogP contribution in [0.4, 0.5) is 4.79 Å². The molecule has 11 nitrogen and oxygen atoms in total. The van der Waals surface area contributed by atoms with Crippen LogP contribution in [0.1, 0.15) is 90.0 Å². The molecule has 4 aliphatic rings. The number of nitrogens with zero attached hydrogens (tertiary/aromatic N) is 1. The third kappa shape index (κ3) is 7.44. The fourth-order valence-corrected chi connectivity index (χ4v) is 7.58. The summed E-state index contributed by atoms with van der Waals surface area (Å²) in [5.74, 6) is -2.14. The summed E-state index contributed by atoms with van der Waals surface area (Å²) in [5, 5.41) is 5.07. The van der Waals surface area contributed by atoms with E-state index in [4.69, 9.17) is 4.74 Å². The second-order valence-electron chi connectivity index (χ2n) is 13.6. The SMILES string of the molecule is CC(C)(C)OC(=O)N[C@H]1CCCCCC=CC2C[C@@]2(C(=O)NS(=O)(=O)C2CC2)NC(=O)C2C[C@@H](c3ccccc3)CN2C1=O. The van der Waals surface area contributed by atoms with Crippen LogP contribution < -0.4 is 15.4 Å². The predicted molar refractivity (Wildman–Crippen MR) is 164 cm³/mol. The smallest absolute Gasteiger partial charge is 0.408 e. The zero-order chi connectivity index (χ0) is 31.7. The van der Waals surface area contributed by atoms with Crippen LogP contribution >= 0.6 is 0 Å². The van der Waals surface area contributed by atoms with Gasteiger partial charge in [0.1, 0.15) is 23.2 Å². The van der Waals surface area contributed by atoms with Crippen LogP contribution in [0.2, 0.25) is 0 Å². The molecule has 2 aliphatic carbocycles. The third-order valence-electron chi connectivity index (χ3n) is 8.84. The summed E-state index contributed by atoms with van der Waals surface area (Å²) >= 11 is 0. The first-order chi connectivity index (χ1) is 20.8. The number of carbonyl (C=O) groups excluding carboxylic acids is 4. The van der Waals surface area contributed by atoms with E-state index in [0.717, 1.165) is 24.8 Å². The van der Waals surface area contributed by atoms with E-state index in [1.807, 2.05) is 42.5 Å². The number of nitrogens with one attached hydrogen (secondary N) is 3. The molecule has 0 radical (unpaired) electrons. The van der Waals surface area contributed by atoms with Crippen molar-refractivity contribution in [2.24, 2.45) is 5.92 Å². The van der Waals surface area contributed by atoms with Crippen LogP contribution in [0.25, 0.3) is 0 Å². The zero-order valence-electron chi connectivity index (χ0n) is 25.7. The minimum Gasteiger partial charge on any atom is -0.444 e. The van der Waals surface area contributed by atoms with Gasteiger partial charge in [-0.15, -0.1) is 0 Å². The van der Waals surface area contributed by atoms with E-state index in [-0.39, 0.29) is 30.7 Å². The van der Waals surface area contributed by atoms with E-state index >= 15 is 0 Å². The number of ether oxygens (including phenoxy) is 1. The largest absolute Gasteiger partial charge is 0.444 e. The van der Waals surface area contributed by atoms with Gasteiger partial charge in [0.05, 0.1) is 5.25 Å². The lowest BCUT2D eigenvalue weighted by molar-refractivity contribution is -0.141. The molecule has 5 rings (SSSR count). The Bertz CT molecular complexity index is 1400. The van der Waals surface area contributed by atoms with E-state index in [9.17, 15) is 27.6 Å². The van der Waals surface area contributed by atoms with Crippen LogP contribution in [-0.2, 0) is 29.1 Å². The predicted octanol–water partition coefficient (Wildman–Crippen LogP) is 3.27. The molecule has 1 aromatic carbocycles. The van der Waals surface area contributed by atoms with Crippen molar-refractivity contribution in [3.05, 3.63) is 48.0 Å². The van der Waals surface area contributed by atoms with E-state index in [1.165, 1.54) is 4.90 Å². The van der Waals surface area contributed by atoms with Crippen LogP contribution in [0, 0.1) is 5.92 Å².